The number of rotatable bonds is 8. The molecule has 1 heterocycles. The van der Waals surface area contributed by atoms with Crippen molar-refractivity contribution in [2.24, 2.45) is 0 Å². The van der Waals surface area contributed by atoms with Crippen molar-refractivity contribution >= 4 is 0 Å². The summed E-state index contributed by atoms with van der Waals surface area (Å²) in [5, 5.41) is 9.51. The smallest absolute Gasteiger partial charge is 0.123 e. The van der Waals surface area contributed by atoms with E-state index in [2.05, 4.69) is 33.7 Å². The highest BCUT2D eigenvalue weighted by molar-refractivity contribution is 5.37. The molecule has 4 aromatic rings. The predicted molar refractivity (Wildman–Crippen MR) is 120 cm³/mol. The fourth-order valence-electron chi connectivity index (χ4n) is 3.83. The van der Waals surface area contributed by atoms with Gasteiger partial charge in [-0.05, 0) is 47.0 Å². The molecular formula is C27H24FN3. The van der Waals surface area contributed by atoms with Gasteiger partial charge in [-0.1, -0.05) is 60.7 Å². The van der Waals surface area contributed by atoms with Gasteiger partial charge in [0.05, 0.1) is 11.6 Å². The van der Waals surface area contributed by atoms with E-state index in [4.69, 9.17) is 0 Å². The zero-order chi connectivity index (χ0) is 21.5. The van der Waals surface area contributed by atoms with Crippen LogP contribution in [-0.4, -0.2) is 9.47 Å². The molecule has 0 aliphatic carbocycles. The zero-order valence-corrected chi connectivity index (χ0v) is 17.3. The maximum Gasteiger partial charge on any atom is 0.123 e. The van der Waals surface area contributed by atoms with Crippen molar-refractivity contribution in [3.05, 3.63) is 131 Å². The Balaban J connectivity index is 1.58. The lowest BCUT2D eigenvalue weighted by Crippen LogP contribution is -2.24. The molecule has 0 aliphatic heterocycles. The Morgan fingerprint density at radius 2 is 1.55 bits per heavy atom. The normalized spacial score (nSPS) is 10.9. The molecule has 3 aromatic carbocycles. The minimum absolute atomic E-state index is 0.218. The molecule has 1 aromatic heterocycles. The largest absolute Gasteiger partial charge is 0.346 e. The van der Waals surface area contributed by atoms with Crippen LogP contribution in [0.3, 0.4) is 0 Å². The monoisotopic (exact) mass is 409 g/mol. The first kappa shape index (κ1) is 20.6. The Morgan fingerprint density at radius 3 is 2.35 bits per heavy atom. The average molecular weight is 410 g/mol. The van der Waals surface area contributed by atoms with Gasteiger partial charge in [0.2, 0.25) is 0 Å². The van der Waals surface area contributed by atoms with E-state index in [1.54, 1.807) is 12.1 Å². The quantitative estimate of drug-likeness (QED) is 0.371. The second-order valence-electron chi connectivity index (χ2n) is 7.66. The predicted octanol–water partition coefficient (Wildman–Crippen LogP) is 5.75. The lowest BCUT2D eigenvalue weighted by atomic mass is 10.1. The molecule has 4 heteroatoms. The summed E-state index contributed by atoms with van der Waals surface area (Å²) in [7, 11) is 0. The van der Waals surface area contributed by atoms with Crippen LogP contribution in [0.25, 0.3) is 0 Å². The van der Waals surface area contributed by atoms with Crippen LogP contribution in [0.2, 0.25) is 0 Å². The van der Waals surface area contributed by atoms with Gasteiger partial charge < -0.3 is 4.57 Å². The molecule has 0 atom stereocenters. The van der Waals surface area contributed by atoms with Gasteiger partial charge in [-0.25, -0.2) is 4.39 Å². The summed E-state index contributed by atoms with van der Waals surface area (Å²) in [6, 6.07) is 31.3. The summed E-state index contributed by atoms with van der Waals surface area (Å²) in [5.74, 6) is -0.218. The van der Waals surface area contributed by atoms with Crippen LogP contribution in [-0.2, 0) is 26.2 Å². The van der Waals surface area contributed by atoms with Crippen molar-refractivity contribution in [3.63, 3.8) is 0 Å². The second-order valence-corrected chi connectivity index (χ2v) is 7.66. The van der Waals surface area contributed by atoms with Gasteiger partial charge in [-0.3, -0.25) is 4.90 Å². The number of hydrogen-bond acceptors (Lipinski definition) is 2. The summed E-state index contributed by atoms with van der Waals surface area (Å²) >= 11 is 0. The topological polar surface area (TPSA) is 32.0 Å². The Bertz CT molecular complexity index is 1170. The van der Waals surface area contributed by atoms with E-state index >= 15 is 0 Å². The molecule has 154 valence electrons. The van der Waals surface area contributed by atoms with Crippen molar-refractivity contribution in [1.82, 2.24) is 9.47 Å². The lowest BCUT2D eigenvalue weighted by molar-refractivity contribution is 0.241. The van der Waals surface area contributed by atoms with Crippen molar-refractivity contribution in [2.45, 2.75) is 26.2 Å². The highest BCUT2D eigenvalue weighted by atomic mass is 19.1. The van der Waals surface area contributed by atoms with E-state index in [0.29, 0.717) is 18.7 Å². The van der Waals surface area contributed by atoms with Crippen LogP contribution in [0.5, 0.6) is 0 Å². The van der Waals surface area contributed by atoms with E-state index < -0.39 is 0 Å². The molecule has 3 nitrogen and oxygen atoms in total. The van der Waals surface area contributed by atoms with Gasteiger partial charge in [0.15, 0.2) is 0 Å². The van der Waals surface area contributed by atoms with Gasteiger partial charge in [-0.15, -0.1) is 0 Å². The molecule has 0 aliphatic rings. The molecular weight excluding hydrogens is 385 g/mol. The maximum absolute atomic E-state index is 13.6. The van der Waals surface area contributed by atoms with Crippen LogP contribution in [0, 0.1) is 17.1 Å². The molecule has 31 heavy (non-hydrogen) atoms. The van der Waals surface area contributed by atoms with E-state index in [0.717, 1.165) is 29.9 Å². The van der Waals surface area contributed by atoms with Gasteiger partial charge in [0.25, 0.3) is 0 Å². The Labute approximate surface area is 182 Å². The second kappa shape index (κ2) is 9.88. The van der Waals surface area contributed by atoms with E-state index in [1.165, 1.54) is 11.6 Å². The van der Waals surface area contributed by atoms with E-state index in [9.17, 15) is 9.65 Å². The Hall–Kier alpha value is -3.68. The molecule has 0 saturated carbocycles. The molecule has 0 fully saturated rings. The number of hydrogen-bond donors (Lipinski definition) is 0. The zero-order valence-electron chi connectivity index (χ0n) is 17.3. The average Bonchev–Trinajstić information content (AvgIpc) is 3.21. The van der Waals surface area contributed by atoms with Crippen molar-refractivity contribution in [3.8, 4) is 6.07 Å². The minimum atomic E-state index is -0.218. The highest BCUT2D eigenvalue weighted by Crippen LogP contribution is 2.18. The van der Waals surface area contributed by atoms with Crippen molar-refractivity contribution < 1.29 is 4.39 Å². The first-order chi connectivity index (χ1) is 15.2. The molecule has 0 spiro atoms. The fraction of sp³-hybridized carbons (Fsp3) is 0.148. The first-order valence-corrected chi connectivity index (χ1v) is 10.3. The van der Waals surface area contributed by atoms with Gasteiger partial charge >= 0.3 is 0 Å². The third-order valence-electron chi connectivity index (χ3n) is 5.33. The molecule has 4 rings (SSSR count). The van der Waals surface area contributed by atoms with Crippen LogP contribution in [0.15, 0.2) is 97.2 Å². The van der Waals surface area contributed by atoms with Crippen molar-refractivity contribution in [1.29, 1.82) is 5.26 Å². The SMILES string of the molecule is N#Cc1ccccc1CN(Cc1ccccc1)Cc1cccn1Cc1cccc(F)c1. The minimum Gasteiger partial charge on any atom is -0.346 e. The standard InChI is InChI=1S/C27H24FN3/c28-26-13-6-10-23(16-26)19-31-15-7-14-27(31)21-30(18-22-8-2-1-3-9-22)20-25-12-5-4-11-24(25)17-29/h1-16H,18-21H2. The molecule has 0 saturated heterocycles. The lowest BCUT2D eigenvalue weighted by Gasteiger charge is -2.24. The Kier molecular flexibility index (Phi) is 6.56. The third kappa shape index (κ3) is 5.48. The van der Waals surface area contributed by atoms with Crippen LogP contribution in [0.4, 0.5) is 4.39 Å². The Morgan fingerprint density at radius 1 is 0.774 bits per heavy atom. The number of nitriles is 1. The molecule has 0 unspecified atom stereocenters. The van der Waals surface area contributed by atoms with Crippen molar-refractivity contribution in [2.75, 3.05) is 0 Å². The number of halogens is 1. The number of benzene rings is 3. The van der Waals surface area contributed by atoms with Crippen LogP contribution < -0.4 is 0 Å². The number of nitrogens with zero attached hydrogens (tertiary/aromatic N) is 3. The van der Waals surface area contributed by atoms with Gasteiger partial charge in [0.1, 0.15) is 5.82 Å². The molecule has 0 bridgehead atoms. The van der Waals surface area contributed by atoms with E-state index in [-0.39, 0.29) is 5.82 Å². The summed E-state index contributed by atoms with van der Waals surface area (Å²) in [6.07, 6.45) is 2.03. The van der Waals surface area contributed by atoms with Crippen LogP contribution >= 0.6 is 0 Å². The summed E-state index contributed by atoms with van der Waals surface area (Å²) in [4.78, 5) is 2.34. The van der Waals surface area contributed by atoms with Gasteiger partial charge in [0, 0.05) is 38.1 Å². The highest BCUT2D eigenvalue weighted by Gasteiger charge is 2.13. The van der Waals surface area contributed by atoms with Crippen LogP contribution in [0.1, 0.15) is 27.9 Å². The maximum atomic E-state index is 13.6. The third-order valence-corrected chi connectivity index (χ3v) is 5.33. The molecule has 0 radical (unpaired) electrons. The summed E-state index contributed by atoms with van der Waals surface area (Å²) in [6.45, 7) is 2.78. The van der Waals surface area contributed by atoms with E-state index in [1.807, 2.05) is 60.8 Å². The number of aromatic nitrogens is 1. The summed E-state index contributed by atoms with van der Waals surface area (Å²) in [5.41, 5.74) is 5.02. The first-order valence-electron chi connectivity index (χ1n) is 10.3. The molecule has 0 N–H and O–H groups in total. The summed E-state index contributed by atoms with van der Waals surface area (Å²) < 4.78 is 15.8. The fourth-order valence-corrected chi connectivity index (χ4v) is 3.83. The van der Waals surface area contributed by atoms with Gasteiger partial charge in [-0.2, -0.15) is 5.26 Å². The molecule has 0 amide bonds.